The van der Waals surface area contributed by atoms with Gasteiger partial charge in [-0.3, -0.25) is 4.57 Å². The zero-order chi connectivity index (χ0) is 22.6. The smallest absolute Gasteiger partial charge is 0.123 e. The molecule has 5 nitrogen and oxygen atoms in total. The first-order chi connectivity index (χ1) is 16.2. The topological polar surface area (TPSA) is 49.7 Å². The minimum absolute atomic E-state index is 0.545. The number of nitrogens with zero attached hydrogens (tertiary/aromatic N) is 4. The van der Waals surface area contributed by atoms with E-state index in [9.17, 15) is 0 Å². The number of H-pyrrole nitrogens is 1. The summed E-state index contributed by atoms with van der Waals surface area (Å²) in [5.41, 5.74) is 5.10. The standard InChI is InChI=1S/C27H32ClN5/c1-20(22-5-7-24(28)8-6-22)17-32-13-11-21(12-14-32)3-2-4-23-16-29-27-10-9-25(15-26(23)27)33-18-30-31-19-33/h5-10,15-16,18-21,29H,2-4,11-14,17H2,1H3. The largest absolute Gasteiger partial charge is 0.361 e. The van der Waals surface area contributed by atoms with Crippen molar-refractivity contribution in [3.05, 3.63) is 77.5 Å². The van der Waals surface area contributed by atoms with Crippen LogP contribution >= 0.6 is 11.6 Å². The molecule has 33 heavy (non-hydrogen) atoms. The number of hydrogen-bond acceptors (Lipinski definition) is 3. The molecule has 0 amide bonds. The number of fused-ring (bicyclic) bond motifs is 1. The summed E-state index contributed by atoms with van der Waals surface area (Å²) in [5, 5.41) is 9.98. The zero-order valence-corrected chi connectivity index (χ0v) is 20.0. The van der Waals surface area contributed by atoms with Gasteiger partial charge in [-0.1, -0.05) is 37.1 Å². The third-order valence-corrected chi connectivity index (χ3v) is 7.46. The monoisotopic (exact) mass is 461 g/mol. The van der Waals surface area contributed by atoms with Crippen molar-refractivity contribution in [3.63, 3.8) is 0 Å². The van der Waals surface area contributed by atoms with Crippen LogP contribution in [0.3, 0.4) is 0 Å². The van der Waals surface area contributed by atoms with Gasteiger partial charge in [0.1, 0.15) is 12.7 Å². The lowest BCUT2D eigenvalue weighted by atomic mass is 9.90. The Kier molecular flexibility index (Phi) is 6.79. The molecular weight excluding hydrogens is 430 g/mol. The van der Waals surface area contributed by atoms with Crippen LogP contribution in [-0.2, 0) is 6.42 Å². The number of rotatable bonds is 8. The second kappa shape index (κ2) is 10.1. The predicted molar refractivity (Wildman–Crippen MR) is 135 cm³/mol. The molecule has 1 unspecified atom stereocenters. The zero-order valence-electron chi connectivity index (χ0n) is 19.3. The van der Waals surface area contributed by atoms with E-state index in [1.54, 1.807) is 12.7 Å². The molecule has 3 heterocycles. The molecule has 0 saturated carbocycles. The fourth-order valence-corrected chi connectivity index (χ4v) is 5.32. The van der Waals surface area contributed by atoms with E-state index in [1.165, 1.54) is 60.8 Å². The highest BCUT2D eigenvalue weighted by Crippen LogP contribution is 2.28. The average Bonchev–Trinajstić information content (AvgIpc) is 3.51. The lowest BCUT2D eigenvalue weighted by Crippen LogP contribution is -2.36. The summed E-state index contributed by atoms with van der Waals surface area (Å²) in [6, 6.07) is 14.8. The lowest BCUT2D eigenvalue weighted by molar-refractivity contribution is 0.171. The van der Waals surface area contributed by atoms with Crippen molar-refractivity contribution in [2.45, 2.75) is 44.9 Å². The normalized spacial score (nSPS) is 16.4. The molecule has 4 aromatic rings. The molecule has 0 bridgehead atoms. The highest BCUT2D eigenvalue weighted by atomic mass is 35.5. The van der Waals surface area contributed by atoms with Gasteiger partial charge in [-0.2, -0.15) is 0 Å². The van der Waals surface area contributed by atoms with E-state index in [1.807, 2.05) is 16.7 Å². The lowest BCUT2D eigenvalue weighted by Gasteiger charge is -2.33. The van der Waals surface area contributed by atoms with Crippen molar-refractivity contribution in [3.8, 4) is 5.69 Å². The number of halogens is 1. The first kappa shape index (κ1) is 22.2. The number of nitrogens with one attached hydrogen (secondary N) is 1. The molecule has 1 aliphatic rings. The van der Waals surface area contributed by atoms with Gasteiger partial charge in [-0.25, -0.2) is 0 Å². The number of piperidine rings is 1. The Morgan fingerprint density at radius 2 is 1.82 bits per heavy atom. The fourth-order valence-electron chi connectivity index (χ4n) is 5.19. The van der Waals surface area contributed by atoms with Gasteiger partial charge in [0.15, 0.2) is 0 Å². The van der Waals surface area contributed by atoms with Gasteiger partial charge in [0.25, 0.3) is 0 Å². The average molecular weight is 462 g/mol. The molecule has 1 saturated heterocycles. The van der Waals surface area contributed by atoms with E-state index >= 15 is 0 Å². The van der Waals surface area contributed by atoms with Crippen LogP contribution in [-0.4, -0.2) is 44.3 Å². The molecule has 2 aromatic carbocycles. The Hall–Kier alpha value is -2.63. The first-order valence-corrected chi connectivity index (χ1v) is 12.5. The van der Waals surface area contributed by atoms with E-state index in [-0.39, 0.29) is 0 Å². The van der Waals surface area contributed by atoms with Crippen LogP contribution in [0.1, 0.15) is 49.7 Å². The maximum atomic E-state index is 6.04. The van der Waals surface area contributed by atoms with Gasteiger partial charge >= 0.3 is 0 Å². The van der Waals surface area contributed by atoms with Crippen molar-refractivity contribution in [2.75, 3.05) is 19.6 Å². The van der Waals surface area contributed by atoms with Crippen molar-refractivity contribution >= 4 is 22.5 Å². The van der Waals surface area contributed by atoms with Crippen molar-refractivity contribution in [1.82, 2.24) is 24.6 Å². The summed E-state index contributed by atoms with van der Waals surface area (Å²) in [7, 11) is 0. The molecule has 2 aromatic heterocycles. The molecule has 1 fully saturated rings. The molecule has 1 atom stereocenters. The van der Waals surface area contributed by atoms with E-state index in [4.69, 9.17) is 11.6 Å². The summed E-state index contributed by atoms with van der Waals surface area (Å²) in [6.45, 7) is 5.90. The van der Waals surface area contributed by atoms with Crippen LogP contribution in [0.5, 0.6) is 0 Å². The highest BCUT2D eigenvalue weighted by molar-refractivity contribution is 6.30. The Labute approximate surface area is 200 Å². The molecule has 0 radical (unpaired) electrons. The number of likely N-dealkylation sites (tertiary alicyclic amines) is 1. The third-order valence-electron chi connectivity index (χ3n) is 7.20. The van der Waals surface area contributed by atoms with E-state index < -0.39 is 0 Å². The minimum atomic E-state index is 0.545. The van der Waals surface area contributed by atoms with Crippen LogP contribution in [0.4, 0.5) is 0 Å². The van der Waals surface area contributed by atoms with E-state index in [2.05, 4.69) is 63.5 Å². The van der Waals surface area contributed by atoms with E-state index in [0.717, 1.165) is 29.6 Å². The Balaban J connectivity index is 1.10. The SMILES string of the molecule is CC(CN1CCC(CCCc2c[nH]c3ccc(-n4cnnc4)cc23)CC1)c1ccc(Cl)cc1. The number of aryl methyl sites for hydroxylation is 1. The van der Waals surface area contributed by atoms with Crippen LogP contribution in [0.15, 0.2) is 61.3 Å². The molecule has 172 valence electrons. The highest BCUT2D eigenvalue weighted by Gasteiger charge is 2.21. The summed E-state index contributed by atoms with van der Waals surface area (Å²) in [4.78, 5) is 6.08. The Morgan fingerprint density at radius 3 is 2.58 bits per heavy atom. The summed E-state index contributed by atoms with van der Waals surface area (Å²) < 4.78 is 1.96. The van der Waals surface area contributed by atoms with Gasteiger partial charge in [-0.15, -0.1) is 10.2 Å². The van der Waals surface area contributed by atoms with Gasteiger partial charge in [0.2, 0.25) is 0 Å². The number of aromatic nitrogens is 4. The second-order valence-corrected chi connectivity index (χ2v) is 9.94. The van der Waals surface area contributed by atoms with Gasteiger partial charge in [0.05, 0.1) is 0 Å². The minimum Gasteiger partial charge on any atom is -0.361 e. The van der Waals surface area contributed by atoms with Gasteiger partial charge in [-0.05, 0) is 92.1 Å². The second-order valence-electron chi connectivity index (χ2n) is 9.50. The number of benzene rings is 2. The molecule has 0 aliphatic carbocycles. The number of hydrogen-bond donors (Lipinski definition) is 1. The molecule has 1 N–H and O–H groups in total. The van der Waals surface area contributed by atoms with Gasteiger partial charge < -0.3 is 9.88 Å². The first-order valence-electron chi connectivity index (χ1n) is 12.1. The maximum absolute atomic E-state index is 6.04. The van der Waals surface area contributed by atoms with Crippen molar-refractivity contribution in [1.29, 1.82) is 0 Å². The van der Waals surface area contributed by atoms with Crippen molar-refractivity contribution < 1.29 is 0 Å². The predicted octanol–water partition coefficient (Wildman–Crippen LogP) is 6.24. The van der Waals surface area contributed by atoms with Crippen LogP contribution < -0.4 is 0 Å². The Morgan fingerprint density at radius 1 is 1.06 bits per heavy atom. The molecule has 1 aliphatic heterocycles. The quantitative estimate of drug-likeness (QED) is 0.338. The van der Waals surface area contributed by atoms with Crippen LogP contribution in [0.2, 0.25) is 5.02 Å². The number of aromatic amines is 1. The molecule has 6 heteroatoms. The summed E-state index contributed by atoms with van der Waals surface area (Å²) in [5.74, 6) is 1.40. The van der Waals surface area contributed by atoms with Crippen LogP contribution in [0, 0.1) is 5.92 Å². The Bertz CT molecular complexity index is 1160. The van der Waals surface area contributed by atoms with Gasteiger partial charge in [0, 0.05) is 34.4 Å². The summed E-state index contributed by atoms with van der Waals surface area (Å²) >= 11 is 6.04. The maximum Gasteiger partial charge on any atom is 0.123 e. The fraction of sp³-hybridized carbons (Fsp3) is 0.407. The van der Waals surface area contributed by atoms with Crippen LogP contribution in [0.25, 0.3) is 16.6 Å². The molecule has 5 rings (SSSR count). The van der Waals surface area contributed by atoms with E-state index in [0.29, 0.717) is 5.92 Å². The molecular formula is C27H32ClN5. The molecule has 0 spiro atoms. The summed E-state index contributed by atoms with van der Waals surface area (Å²) in [6.07, 6.45) is 12.0. The van der Waals surface area contributed by atoms with Crippen molar-refractivity contribution in [2.24, 2.45) is 5.92 Å². The third kappa shape index (κ3) is 5.31.